The maximum atomic E-state index is 5.59. The van der Waals surface area contributed by atoms with Gasteiger partial charge in [0.2, 0.25) is 0 Å². The van der Waals surface area contributed by atoms with E-state index in [2.05, 4.69) is 31.2 Å². The largest absolute Gasteiger partial charge is 0.493 e. The van der Waals surface area contributed by atoms with Gasteiger partial charge in [0.15, 0.2) is 5.75 Å². The monoisotopic (exact) mass is 299 g/mol. The van der Waals surface area contributed by atoms with E-state index in [1.807, 2.05) is 4.68 Å². The second kappa shape index (κ2) is 9.76. The van der Waals surface area contributed by atoms with Gasteiger partial charge in [-0.05, 0) is 26.8 Å². The maximum absolute atomic E-state index is 5.59. The first-order valence-corrected chi connectivity index (χ1v) is 7.57. The van der Waals surface area contributed by atoms with Crippen molar-refractivity contribution in [1.29, 1.82) is 0 Å². The number of ether oxygens (including phenoxy) is 3. The molecule has 0 aliphatic heterocycles. The third-order valence-electron chi connectivity index (χ3n) is 3.27. The summed E-state index contributed by atoms with van der Waals surface area (Å²) in [5.74, 6) is 0.826. The minimum absolute atomic E-state index is 0.164. The maximum Gasteiger partial charge on any atom is 0.161 e. The van der Waals surface area contributed by atoms with Crippen molar-refractivity contribution in [3.63, 3.8) is 0 Å². The third kappa shape index (κ3) is 5.30. The van der Waals surface area contributed by atoms with Gasteiger partial charge in [0, 0.05) is 19.8 Å². The molecule has 1 rings (SSSR count). The number of hydrogen-bond acceptors (Lipinski definition) is 5. The molecule has 1 aromatic heterocycles. The highest BCUT2D eigenvalue weighted by molar-refractivity contribution is 5.28. The van der Waals surface area contributed by atoms with E-state index in [0.717, 1.165) is 24.4 Å². The Bertz CT molecular complexity index is 394. The Morgan fingerprint density at radius 2 is 2.00 bits per heavy atom. The van der Waals surface area contributed by atoms with Gasteiger partial charge in [0.05, 0.1) is 38.3 Å². The fourth-order valence-corrected chi connectivity index (χ4v) is 2.28. The molecule has 1 aromatic rings. The van der Waals surface area contributed by atoms with Gasteiger partial charge < -0.3 is 19.5 Å². The molecule has 1 N–H and O–H groups in total. The van der Waals surface area contributed by atoms with Crippen molar-refractivity contribution >= 4 is 0 Å². The van der Waals surface area contributed by atoms with Gasteiger partial charge in [0.1, 0.15) is 0 Å². The fraction of sp³-hybridized carbons (Fsp3) is 0.800. The van der Waals surface area contributed by atoms with Crippen LogP contribution in [0.25, 0.3) is 0 Å². The number of hydrogen-bond donors (Lipinski definition) is 1. The van der Waals surface area contributed by atoms with Crippen molar-refractivity contribution < 1.29 is 14.2 Å². The van der Waals surface area contributed by atoms with Crippen LogP contribution in [0.15, 0.2) is 6.20 Å². The molecule has 0 aliphatic carbocycles. The van der Waals surface area contributed by atoms with Gasteiger partial charge in [-0.2, -0.15) is 5.10 Å². The van der Waals surface area contributed by atoms with Crippen molar-refractivity contribution in [2.45, 2.75) is 39.3 Å². The second-order valence-electron chi connectivity index (χ2n) is 5.14. The SMILES string of the molecule is CCNC(CCOCCOC)c1c(OC)cnn1C(C)C. The van der Waals surface area contributed by atoms with E-state index >= 15 is 0 Å². The zero-order valence-electron chi connectivity index (χ0n) is 13.9. The lowest BCUT2D eigenvalue weighted by molar-refractivity contribution is 0.0653. The lowest BCUT2D eigenvalue weighted by atomic mass is 10.1. The third-order valence-corrected chi connectivity index (χ3v) is 3.27. The molecule has 1 atom stereocenters. The van der Waals surface area contributed by atoms with Crippen LogP contribution in [-0.2, 0) is 9.47 Å². The molecule has 0 bridgehead atoms. The molecule has 0 aliphatic rings. The van der Waals surface area contributed by atoms with Gasteiger partial charge in [0.25, 0.3) is 0 Å². The van der Waals surface area contributed by atoms with E-state index < -0.39 is 0 Å². The summed E-state index contributed by atoms with van der Waals surface area (Å²) in [5.41, 5.74) is 1.09. The highest BCUT2D eigenvalue weighted by atomic mass is 16.5. The van der Waals surface area contributed by atoms with Crippen molar-refractivity contribution in [3.05, 3.63) is 11.9 Å². The topological polar surface area (TPSA) is 57.5 Å². The van der Waals surface area contributed by atoms with E-state index in [9.17, 15) is 0 Å². The summed E-state index contributed by atoms with van der Waals surface area (Å²) in [4.78, 5) is 0. The molecule has 0 fully saturated rings. The highest BCUT2D eigenvalue weighted by Crippen LogP contribution is 2.29. The molecule has 0 saturated heterocycles. The van der Waals surface area contributed by atoms with Gasteiger partial charge in [-0.3, -0.25) is 4.68 Å². The zero-order valence-corrected chi connectivity index (χ0v) is 13.9. The van der Waals surface area contributed by atoms with Crippen LogP contribution in [0, 0.1) is 0 Å². The Morgan fingerprint density at radius 1 is 1.24 bits per heavy atom. The summed E-state index contributed by atoms with van der Waals surface area (Å²) in [6.45, 7) is 9.14. The van der Waals surface area contributed by atoms with Crippen LogP contribution >= 0.6 is 0 Å². The van der Waals surface area contributed by atoms with Crippen molar-refractivity contribution in [2.24, 2.45) is 0 Å². The highest BCUT2D eigenvalue weighted by Gasteiger charge is 2.22. The van der Waals surface area contributed by atoms with Gasteiger partial charge in [-0.25, -0.2) is 0 Å². The fourth-order valence-electron chi connectivity index (χ4n) is 2.28. The molecule has 1 unspecified atom stereocenters. The Kier molecular flexibility index (Phi) is 8.34. The lowest BCUT2D eigenvalue weighted by Crippen LogP contribution is -2.26. The first kappa shape index (κ1) is 17.9. The minimum Gasteiger partial charge on any atom is -0.493 e. The number of rotatable bonds is 11. The summed E-state index contributed by atoms with van der Waals surface area (Å²) in [6.07, 6.45) is 2.65. The van der Waals surface area contributed by atoms with Crippen LogP contribution in [0.3, 0.4) is 0 Å². The molecule has 21 heavy (non-hydrogen) atoms. The summed E-state index contributed by atoms with van der Waals surface area (Å²) in [6, 6.07) is 0.455. The Labute approximate surface area is 127 Å². The number of nitrogens with one attached hydrogen (secondary N) is 1. The van der Waals surface area contributed by atoms with Crippen LogP contribution in [0.4, 0.5) is 0 Å². The lowest BCUT2D eigenvalue weighted by Gasteiger charge is -2.22. The van der Waals surface area contributed by atoms with Crippen LogP contribution in [0.2, 0.25) is 0 Å². The van der Waals surface area contributed by atoms with Crippen molar-refractivity contribution in [2.75, 3.05) is 40.6 Å². The molecule has 0 radical (unpaired) electrons. The summed E-state index contributed by atoms with van der Waals surface area (Å²) in [5, 5.41) is 7.93. The average molecular weight is 299 g/mol. The Hall–Kier alpha value is -1.11. The summed E-state index contributed by atoms with van der Waals surface area (Å²) < 4.78 is 18.0. The van der Waals surface area contributed by atoms with Crippen LogP contribution in [0.1, 0.15) is 45.0 Å². The summed E-state index contributed by atoms with van der Waals surface area (Å²) >= 11 is 0. The van der Waals surface area contributed by atoms with Crippen LogP contribution in [-0.4, -0.2) is 50.4 Å². The van der Waals surface area contributed by atoms with Crippen LogP contribution in [0.5, 0.6) is 5.75 Å². The molecule has 1 heterocycles. The number of nitrogens with zero attached hydrogens (tertiary/aromatic N) is 2. The molecular weight excluding hydrogens is 270 g/mol. The second-order valence-corrected chi connectivity index (χ2v) is 5.14. The molecule has 0 saturated carbocycles. The van der Waals surface area contributed by atoms with Crippen molar-refractivity contribution in [3.8, 4) is 5.75 Å². The van der Waals surface area contributed by atoms with E-state index in [0.29, 0.717) is 25.9 Å². The zero-order chi connectivity index (χ0) is 15.7. The number of methoxy groups -OCH3 is 2. The average Bonchev–Trinajstić information content (AvgIpc) is 2.89. The van der Waals surface area contributed by atoms with E-state index in [-0.39, 0.29) is 6.04 Å². The molecular formula is C15H29N3O3. The Balaban J connectivity index is 2.76. The van der Waals surface area contributed by atoms with Gasteiger partial charge in [-0.1, -0.05) is 6.92 Å². The van der Waals surface area contributed by atoms with Gasteiger partial charge in [-0.15, -0.1) is 0 Å². The molecule has 0 amide bonds. The first-order valence-electron chi connectivity index (χ1n) is 7.57. The quantitative estimate of drug-likeness (QED) is 0.635. The molecule has 0 aromatic carbocycles. The van der Waals surface area contributed by atoms with Crippen molar-refractivity contribution in [1.82, 2.24) is 15.1 Å². The smallest absolute Gasteiger partial charge is 0.161 e. The molecule has 122 valence electrons. The molecule has 0 spiro atoms. The molecule has 6 nitrogen and oxygen atoms in total. The minimum atomic E-state index is 0.164. The first-order chi connectivity index (χ1) is 10.2. The van der Waals surface area contributed by atoms with E-state index in [4.69, 9.17) is 14.2 Å². The predicted octanol–water partition coefficient (Wildman–Crippen LogP) is 2.18. The standard InChI is InChI=1S/C15H29N3O3/c1-6-16-13(7-8-21-10-9-19-4)15-14(20-5)11-17-18(15)12(2)3/h11-13,16H,6-10H2,1-5H3. The predicted molar refractivity (Wildman–Crippen MR) is 82.9 cm³/mol. The van der Waals surface area contributed by atoms with E-state index in [1.165, 1.54) is 0 Å². The molecule has 6 heteroatoms. The Morgan fingerprint density at radius 3 is 2.57 bits per heavy atom. The van der Waals surface area contributed by atoms with Gasteiger partial charge >= 0.3 is 0 Å². The summed E-state index contributed by atoms with van der Waals surface area (Å²) in [7, 11) is 3.36. The normalized spacial score (nSPS) is 12.9. The number of aromatic nitrogens is 2. The van der Waals surface area contributed by atoms with E-state index in [1.54, 1.807) is 20.4 Å². The van der Waals surface area contributed by atoms with Crippen LogP contribution < -0.4 is 10.1 Å².